The van der Waals surface area contributed by atoms with Crippen LogP contribution in [0.5, 0.6) is 0 Å². The van der Waals surface area contributed by atoms with E-state index in [1.54, 1.807) is 28.7 Å². The van der Waals surface area contributed by atoms with Crippen LogP contribution in [0, 0.1) is 0 Å². The molecular formula is C20H28N8O2. The Labute approximate surface area is 174 Å². The summed E-state index contributed by atoms with van der Waals surface area (Å²) in [6, 6.07) is 2.15. The van der Waals surface area contributed by atoms with Gasteiger partial charge in [-0.1, -0.05) is 12.8 Å². The molecule has 1 aliphatic rings. The first-order valence-electron chi connectivity index (χ1n) is 10.2. The largest absolute Gasteiger partial charge is 0.384 e. The summed E-state index contributed by atoms with van der Waals surface area (Å²) in [6.07, 6.45) is 10.1. The number of nitrogens with two attached hydrogens (primary N) is 1. The van der Waals surface area contributed by atoms with Gasteiger partial charge in [0.2, 0.25) is 0 Å². The van der Waals surface area contributed by atoms with Gasteiger partial charge in [-0.3, -0.25) is 9.48 Å². The molecule has 0 radical (unpaired) electrons. The van der Waals surface area contributed by atoms with Gasteiger partial charge in [-0.25, -0.2) is 9.50 Å². The number of methoxy groups -OCH3 is 1. The van der Waals surface area contributed by atoms with Crippen molar-refractivity contribution < 1.29 is 9.53 Å². The summed E-state index contributed by atoms with van der Waals surface area (Å²) < 4.78 is 8.39. The first-order chi connectivity index (χ1) is 14.5. The summed E-state index contributed by atoms with van der Waals surface area (Å²) in [5.74, 6) is 0.414. The number of fused-ring (bicyclic) bond motifs is 1. The van der Waals surface area contributed by atoms with Gasteiger partial charge in [0.25, 0.3) is 5.91 Å². The second-order valence-electron chi connectivity index (χ2n) is 7.70. The quantitative estimate of drug-likeness (QED) is 0.538. The molecule has 4 N–H and O–H groups in total. The van der Waals surface area contributed by atoms with Crippen LogP contribution in [0.3, 0.4) is 0 Å². The number of carbonyl (C=O) groups excluding carboxylic acids is 1. The van der Waals surface area contributed by atoms with Crippen LogP contribution in [-0.4, -0.2) is 56.1 Å². The lowest BCUT2D eigenvalue weighted by Gasteiger charge is -2.29. The molecule has 10 heteroatoms. The Morgan fingerprint density at radius 2 is 2.20 bits per heavy atom. The zero-order chi connectivity index (χ0) is 21.1. The van der Waals surface area contributed by atoms with Gasteiger partial charge in [-0.05, 0) is 18.9 Å². The van der Waals surface area contributed by atoms with Gasteiger partial charge in [-0.15, -0.1) is 0 Å². The lowest BCUT2D eigenvalue weighted by Crippen LogP contribution is -2.42. The van der Waals surface area contributed by atoms with Crippen molar-refractivity contribution in [3.05, 3.63) is 35.9 Å². The Hall–Kier alpha value is -2.98. The maximum Gasteiger partial charge on any atom is 0.261 e. The maximum absolute atomic E-state index is 13.0. The number of nitrogens with zero attached hydrogens (tertiary/aromatic N) is 5. The molecule has 0 saturated heterocycles. The molecule has 2 atom stereocenters. The van der Waals surface area contributed by atoms with Crippen molar-refractivity contribution in [3.8, 4) is 0 Å². The summed E-state index contributed by atoms with van der Waals surface area (Å²) >= 11 is 0. The molecule has 4 rings (SSSR count). The van der Waals surface area contributed by atoms with Gasteiger partial charge in [0.1, 0.15) is 11.4 Å². The third kappa shape index (κ3) is 4.29. The number of ether oxygens (including phenoxy) is 1. The summed E-state index contributed by atoms with van der Waals surface area (Å²) in [5, 5.41) is 15.0. The Morgan fingerprint density at radius 1 is 1.37 bits per heavy atom. The minimum Gasteiger partial charge on any atom is -0.384 e. The highest BCUT2D eigenvalue weighted by Gasteiger charge is 2.23. The van der Waals surface area contributed by atoms with Crippen LogP contribution in [0.4, 0.5) is 11.5 Å². The van der Waals surface area contributed by atoms with E-state index in [1.807, 2.05) is 13.1 Å². The van der Waals surface area contributed by atoms with Crippen molar-refractivity contribution in [2.45, 2.75) is 44.2 Å². The van der Waals surface area contributed by atoms with E-state index in [4.69, 9.17) is 10.5 Å². The monoisotopic (exact) mass is 412 g/mol. The number of carbonyl (C=O) groups is 1. The van der Waals surface area contributed by atoms with Crippen LogP contribution in [0.2, 0.25) is 0 Å². The van der Waals surface area contributed by atoms with E-state index < -0.39 is 0 Å². The molecule has 3 aromatic rings. The van der Waals surface area contributed by atoms with Gasteiger partial charge < -0.3 is 21.1 Å². The molecule has 30 heavy (non-hydrogen) atoms. The van der Waals surface area contributed by atoms with Gasteiger partial charge in [-0.2, -0.15) is 10.2 Å². The minimum absolute atomic E-state index is 0.112. The highest BCUT2D eigenvalue weighted by molar-refractivity contribution is 6.08. The van der Waals surface area contributed by atoms with Crippen LogP contribution in [0.1, 0.15) is 41.7 Å². The first-order valence-corrected chi connectivity index (χ1v) is 10.2. The number of aryl methyl sites for hydroxylation is 1. The van der Waals surface area contributed by atoms with Crippen LogP contribution < -0.4 is 16.4 Å². The minimum atomic E-state index is -0.282. The van der Waals surface area contributed by atoms with Crippen LogP contribution in [0.25, 0.3) is 5.65 Å². The molecule has 3 aromatic heterocycles. The Balaban J connectivity index is 1.54. The number of rotatable bonds is 7. The summed E-state index contributed by atoms with van der Waals surface area (Å²) in [7, 11) is 3.45. The molecule has 160 valence electrons. The molecule has 1 fully saturated rings. The average Bonchev–Trinajstić information content (AvgIpc) is 3.30. The fourth-order valence-corrected chi connectivity index (χ4v) is 3.85. The molecule has 0 bridgehead atoms. The number of amides is 1. The highest BCUT2D eigenvalue weighted by atomic mass is 16.5. The molecule has 1 aliphatic carbocycles. The average molecular weight is 412 g/mol. The van der Waals surface area contributed by atoms with E-state index in [-0.39, 0.29) is 18.0 Å². The Bertz CT molecular complexity index is 1030. The molecule has 3 heterocycles. The zero-order valence-corrected chi connectivity index (χ0v) is 17.3. The molecule has 1 saturated carbocycles. The second-order valence-corrected chi connectivity index (χ2v) is 7.70. The number of anilines is 2. The lowest BCUT2D eigenvalue weighted by atomic mass is 9.91. The lowest BCUT2D eigenvalue weighted by molar-refractivity contribution is 0.102. The molecule has 10 nitrogen and oxygen atoms in total. The van der Waals surface area contributed by atoms with Crippen LogP contribution in [0.15, 0.2) is 24.7 Å². The van der Waals surface area contributed by atoms with Crippen molar-refractivity contribution in [1.29, 1.82) is 0 Å². The fourth-order valence-electron chi connectivity index (χ4n) is 3.85. The van der Waals surface area contributed by atoms with Gasteiger partial charge in [0, 0.05) is 45.1 Å². The van der Waals surface area contributed by atoms with E-state index in [0.29, 0.717) is 35.7 Å². The predicted octanol–water partition coefficient (Wildman–Crippen LogP) is 1.59. The summed E-state index contributed by atoms with van der Waals surface area (Å²) in [6.45, 7) is 0.524. The van der Waals surface area contributed by atoms with Crippen molar-refractivity contribution in [1.82, 2.24) is 24.4 Å². The van der Waals surface area contributed by atoms with Gasteiger partial charge >= 0.3 is 0 Å². The number of hydrogen-bond donors (Lipinski definition) is 3. The van der Waals surface area contributed by atoms with Crippen LogP contribution >= 0.6 is 0 Å². The molecule has 0 unspecified atom stereocenters. The summed E-state index contributed by atoms with van der Waals surface area (Å²) in [4.78, 5) is 17.6. The Morgan fingerprint density at radius 3 is 3.00 bits per heavy atom. The Kier molecular flexibility index (Phi) is 5.96. The maximum atomic E-state index is 13.0. The normalized spacial score (nSPS) is 19.2. The van der Waals surface area contributed by atoms with Crippen molar-refractivity contribution >= 4 is 23.1 Å². The molecule has 0 aliphatic heterocycles. The molecule has 0 spiro atoms. The molecule has 1 amide bonds. The third-order valence-corrected chi connectivity index (χ3v) is 5.46. The number of nitrogens with one attached hydrogen (secondary N) is 2. The van der Waals surface area contributed by atoms with Gasteiger partial charge in [0.15, 0.2) is 5.65 Å². The van der Waals surface area contributed by atoms with E-state index in [2.05, 4.69) is 25.8 Å². The SMILES string of the molecule is COCCc1nn(C)cc1NC(=O)c1cnn2ccc(N[C@@H]3CCCC[C@@H]3N)nc12. The molecular weight excluding hydrogens is 384 g/mol. The van der Waals surface area contributed by atoms with E-state index in [9.17, 15) is 4.79 Å². The van der Waals surface area contributed by atoms with E-state index >= 15 is 0 Å². The van der Waals surface area contributed by atoms with E-state index in [0.717, 1.165) is 25.0 Å². The summed E-state index contributed by atoms with van der Waals surface area (Å²) in [5.41, 5.74) is 8.56. The first kappa shape index (κ1) is 20.3. The topological polar surface area (TPSA) is 124 Å². The number of hydrogen-bond acceptors (Lipinski definition) is 7. The van der Waals surface area contributed by atoms with Crippen molar-refractivity contribution in [3.63, 3.8) is 0 Å². The number of aromatic nitrogens is 5. The van der Waals surface area contributed by atoms with Crippen molar-refractivity contribution in [2.24, 2.45) is 12.8 Å². The zero-order valence-electron chi connectivity index (χ0n) is 17.3. The second kappa shape index (κ2) is 8.80. The van der Waals surface area contributed by atoms with Crippen molar-refractivity contribution in [2.75, 3.05) is 24.4 Å². The molecule has 0 aromatic carbocycles. The predicted molar refractivity (Wildman–Crippen MR) is 114 cm³/mol. The van der Waals surface area contributed by atoms with Gasteiger partial charge in [0.05, 0.1) is 24.2 Å². The highest BCUT2D eigenvalue weighted by Crippen LogP contribution is 2.22. The standard InChI is InChI=1S/C20H28N8O2/c1-27-12-17(16(26-27)8-10-30-2)24-20(29)13-11-22-28-9-7-18(25-19(13)28)23-15-6-4-3-5-14(15)21/h7,9,11-12,14-15H,3-6,8,10,21H2,1-2H3,(H,23,25)(H,24,29)/t14-,15+/m0/s1. The smallest absolute Gasteiger partial charge is 0.261 e. The van der Waals surface area contributed by atoms with E-state index in [1.165, 1.54) is 12.6 Å². The fraction of sp³-hybridized carbons (Fsp3) is 0.500. The third-order valence-electron chi connectivity index (χ3n) is 5.46. The van der Waals surface area contributed by atoms with Crippen LogP contribution in [-0.2, 0) is 18.2 Å².